The lowest BCUT2D eigenvalue weighted by Gasteiger charge is -2.31. The molecule has 0 bridgehead atoms. The molecule has 3 rings (SSSR count). The summed E-state index contributed by atoms with van der Waals surface area (Å²) in [6.45, 7) is 0.799. The molecular weight excluding hydrogens is 222 g/mol. The lowest BCUT2D eigenvalue weighted by atomic mass is 9.94. The lowest BCUT2D eigenvalue weighted by Crippen LogP contribution is -2.38. The first-order chi connectivity index (χ1) is 8.84. The van der Waals surface area contributed by atoms with E-state index < -0.39 is 0 Å². The van der Waals surface area contributed by atoms with Gasteiger partial charge in [0.1, 0.15) is 0 Å². The van der Waals surface area contributed by atoms with Crippen LogP contribution in [0.5, 0.6) is 0 Å². The second-order valence-electron chi connectivity index (χ2n) is 5.29. The summed E-state index contributed by atoms with van der Waals surface area (Å²) in [5.74, 6) is 0.209. The van der Waals surface area contributed by atoms with Crippen LogP contribution in [0, 0.1) is 0 Å². The van der Waals surface area contributed by atoms with Gasteiger partial charge in [-0.05, 0) is 24.0 Å². The molecule has 2 heteroatoms. The van der Waals surface area contributed by atoms with Crippen LogP contribution in [0.4, 0.5) is 0 Å². The van der Waals surface area contributed by atoms with Crippen molar-refractivity contribution in [2.75, 3.05) is 6.54 Å². The zero-order valence-corrected chi connectivity index (χ0v) is 10.6. The number of benzene rings is 1. The van der Waals surface area contributed by atoms with Crippen LogP contribution in [-0.2, 0) is 4.79 Å². The van der Waals surface area contributed by atoms with Gasteiger partial charge in [0.05, 0.1) is 0 Å². The van der Waals surface area contributed by atoms with Crippen molar-refractivity contribution in [2.45, 2.75) is 38.1 Å². The zero-order chi connectivity index (χ0) is 12.4. The predicted octanol–water partition coefficient (Wildman–Crippen LogP) is 3.24. The van der Waals surface area contributed by atoms with Crippen LogP contribution in [0.2, 0.25) is 0 Å². The normalized spacial score (nSPS) is 21.2. The van der Waals surface area contributed by atoms with E-state index >= 15 is 0 Å². The Morgan fingerprint density at radius 1 is 1.00 bits per heavy atom. The minimum Gasteiger partial charge on any atom is -0.332 e. The van der Waals surface area contributed by atoms with E-state index in [1.165, 1.54) is 43.2 Å². The molecule has 1 amide bonds. The lowest BCUT2D eigenvalue weighted by molar-refractivity contribution is -0.127. The molecule has 18 heavy (non-hydrogen) atoms. The SMILES string of the molecule is O=C1C=C(c2ccccc2)CN1C1CCCCC1. The molecule has 0 radical (unpaired) electrons. The highest BCUT2D eigenvalue weighted by Crippen LogP contribution is 2.29. The molecular formula is C16H19NO. The topological polar surface area (TPSA) is 20.3 Å². The third-order valence-electron chi connectivity index (χ3n) is 4.08. The van der Waals surface area contributed by atoms with Gasteiger partial charge in [-0.2, -0.15) is 0 Å². The highest BCUT2D eigenvalue weighted by atomic mass is 16.2. The molecule has 1 aliphatic heterocycles. The molecule has 0 atom stereocenters. The fourth-order valence-corrected chi connectivity index (χ4v) is 3.07. The molecule has 1 aromatic rings. The molecule has 0 unspecified atom stereocenters. The Bertz CT molecular complexity index is 457. The van der Waals surface area contributed by atoms with Crippen molar-refractivity contribution in [1.82, 2.24) is 4.90 Å². The van der Waals surface area contributed by atoms with Crippen LogP contribution in [-0.4, -0.2) is 23.4 Å². The first kappa shape index (κ1) is 11.5. The molecule has 1 saturated carbocycles. The molecule has 2 nitrogen and oxygen atoms in total. The number of hydrogen-bond acceptors (Lipinski definition) is 1. The van der Waals surface area contributed by atoms with Gasteiger partial charge in [-0.25, -0.2) is 0 Å². The van der Waals surface area contributed by atoms with Gasteiger partial charge in [0.15, 0.2) is 0 Å². The maximum atomic E-state index is 12.1. The van der Waals surface area contributed by atoms with Gasteiger partial charge in [-0.1, -0.05) is 49.6 Å². The highest BCUT2D eigenvalue weighted by Gasteiger charge is 2.29. The van der Waals surface area contributed by atoms with Crippen LogP contribution in [0.15, 0.2) is 36.4 Å². The van der Waals surface area contributed by atoms with E-state index in [2.05, 4.69) is 17.0 Å². The minimum atomic E-state index is 0.209. The fourth-order valence-electron chi connectivity index (χ4n) is 3.07. The second kappa shape index (κ2) is 4.97. The number of carbonyl (C=O) groups is 1. The van der Waals surface area contributed by atoms with E-state index in [0.717, 1.165) is 6.54 Å². The monoisotopic (exact) mass is 241 g/mol. The first-order valence-electron chi connectivity index (χ1n) is 6.91. The van der Waals surface area contributed by atoms with E-state index in [4.69, 9.17) is 0 Å². The van der Waals surface area contributed by atoms with E-state index in [0.29, 0.717) is 6.04 Å². The summed E-state index contributed by atoms with van der Waals surface area (Å²) in [5, 5.41) is 0. The Hall–Kier alpha value is -1.57. The maximum Gasteiger partial charge on any atom is 0.247 e. The third kappa shape index (κ3) is 2.20. The van der Waals surface area contributed by atoms with Crippen molar-refractivity contribution in [3.05, 3.63) is 42.0 Å². The molecule has 0 aromatic heterocycles. The van der Waals surface area contributed by atoms with Crippen molar-refractivity contribution < 1.29 is 4.79 Å². The quantitative estimate of drug-likeness (QED) is 0.778. The molecule has 1 aromatic carbocycles. The molecule has 1 heterocycles. The van der Waals surface area contributed by atoms with E-state index in [9.17, 15) is 4.79 Å². The van der Waals surface area contributed by atoms with Crippen molar-refractivity contribution in [2.24, 2.45) is 0 Å². The van der Waals surface area contributed by atoms with Crippen molar-refractivity contribution >= 4 is 11.5 Å². The summed E-state index contributed by atoms with van der Waals surface area (Å²) in [6.07, 6.45) is 8.06. The van der Waals surface area contributed by atoms with Gasteiger partial charge in [0, 0.05) is 18.7 Å². The Kier molecular flexibility index (Phi) is 3.18. The van der Waals surface area contributed by atoms with E-state index in [1.807, 2.05) is 24.3 Å². The molecule has 1 fully saturated rings. The van der Waals surface area contributed by atoms with Crippen LogP contribution in [0.1, 0.15) is 37.7 Å². The molecule has 1 aliphatic carbocycles. The van der Waals surface area contributed by atoms with Gasteiger partial charge >= 0.3 is 0 Å². The van der Waals surface area contributed by atoms with Gasteiger partial charge < -0.3 is 4.90 Å². The summed E-state index contributed by atoms with van der Waals surface area (Å²) in [5.41, 5.74) is 2.36. The van der Waals surface area contributed by atoms with Crippen LogP contribution in [0.3, 0.4) is 0 Å². The third-order valence-corrected chi connectivity index (χ3v) is 4.08. The average Bonchev–Trinajstić information content (AvgIpc) is 2.83. The summed E-state index contributed by atoms with van der Waals surface area (Å²) >= 11 is 0. The number of amides is 1. The largest absolute Gasteiger partial charge is 0.332 e. The average molecular weight is 241 g/mol. The zero-order valence-electron chi connectivity index (χ0n) is 10.6. The minimum absolute atomic E-state index is 0.209. The molecule has 0 N–H and O–H groups in total. The molecule has 0 saturated heterocycles. The second-order valence-corrected chi connectivity index (χ2v) is 5.29. The van der Waals surface area contributed by atoms with Gasteiger partial charge in [-0.15, -0.1) is 0 Å². The summed E-state index contributed by atoms with van der Waals surface area (Å²) in [4.78, 5) is 14.2. The number of nitrogens with zero attached hydrogens (tertiary/aromatic N) is 1. The van der Waals surface area contributed by atoms with Gasteiger partial charge in [0.25, 0.3) is 0 Å². The number of hydrogen-bond donors (Lipinski definition) is 0. The Morgan fingerprint density at radius 2 is 1.72 bits per heavy atom. The summed E-state index contributed by atoms with van der Waals surface area (Å²) < 4.78 is 0. The van der Waals surface area contributed by atoms with Crippen LogP contribution in [0.25, 0.3) is 5.57 Å². The van der Waals surface area contributed by atoms with Crippen molar-refractivity contribution in [1.29, 1.82) is 0 Å². The van der Waals surface area contributed by atoms with Crippen molar-refractivity contribution in [3.8, 4) is 0 Å². The standard InChI is InChI=1S/C16H19NO/c18-16-11-14(13-7-3-1-4-8-13)12-17(16)15-9-5-2-6-10-15/h1,3-4,7-8,11,15H,2,5-6,9-10,12H2. The van der Waals surface area contributed by atoms with Gasteiger partial charge in [0.2, 0.25) is 5.91 Å². The number of rotatable bonds is 2. The summed E-state index contributed by atoms with van der Waals surface area (Å²) in [6, 6.07) is 10.7. The molecule has 2 aliphatic rings. The molecule has 0 spiro atoms. The maximum absolute atomic E-state index is 12.1. The van der Waals surface area contributed by atoms with Crippen molar-refractivity contribution in [3.63, 3.8) is 0 Å². The van der Waals surface area contributed by atoms with Crippen LogP contribution < -0.4 is 0 Å². The van der Waals surface area contributed by atoms with Crippen LogP contribution >= 0.6 is 0 Å². The fraction of sp³-hybridized carbons (Fsp3) is 0.438. The smallest absolute Gasteiger partial charge is 0.247 e. The molecule has 94 valence electrons. The summed E-state index contributed by atoms with van der Waals surface area (Å²) in [7, 11) is 0. The predicted molar refractivity (Wildman–Crippen MR) is 73.0 cm³/mol. The number of carbonyl (C=O) groups excluding carboxylic acids is 1. The van der Waals surface area contributed by atoms with E-state index in [-0.39, 0.29) is 5.91 Å². The Labute approximate surface area is 108 Å². The van der Waals surface area contributed by atoms with E-state index in [1.54, 1.807) is 0 Å². The Morgan fingerprint density at radius 3 is 2.44 bits per heavy atom. The highest BCUT2D eigenvalue weighted by molar-refractivity contribution is 6.00. The first-order valence-corrected chi connectivity index (χ1v) is 6.91. The van der Waals surface area contributed by atoms with Gasteiger partial charge in [-0.3, -0.25) is 4.79 Å². The Balaban J connectivity index is 1.74.